The molecule has 3 rings (SSSR count). The Hall–Kier alpha value is -1.47. The second-order valence-corrected chi connectivity index (χ2v) is 7.33. The molecular formula is C15H23N5OS. The lowest BCUT2D eigenvalue weighted by Gasteiger charge is -2.19. The predicted molar refractivity (Wildman–Crippen MR) is 87.2 cm³/mol. The number of hydrogen-bond acceptors (Lipinski definition) is 6. The van der Waals surface area contributed by atoms with Crippen molar-refractivity contribution in [3.63, 3.8) is 0 Å². The molecule has 3 heterocycles. The first-order chi connectivity index (χ1) is 10.5. The summed E-state index contributed by atoms with van der Waals surface area (Å²) in [5, 5.41) is 4.35. The summed E-state index contributed by atoms with van der Waals surface area (Å²) in [4.78, 5) is 9.09. The first-order valence-electron chi connectivity index (χ1n) is 7.72. The van der Waals surface area contributed by atoms with E-state index in [4.69, 9.17) is 4.74 Å². The van der Waals surface area contributed by atoms with Gasteiger partial charge in [0.1, 0.15) is 17.8 Å². The van der Waals surface area contributed by atoms with Crippen molar-refractivity contribution < 1.29 is 4.74 Å². The summed E-state index contributed by atoms with van der Waals surface area (Å²) in [7, 11) is 0. The summed E-state index contributed by atoms with van der Waals surface area (Å²) >= 11 is 1.42. The van der Waals surface area contributed by atoms with Crippen molar-refractivity contribution in [2.45, 2.75) is 58.2 Å². The maximum Gasteiger partial charge on any atom is 0.202 e. The maximum absolute atomic E-state index is 5.91. The molecule has 1 aliphatic heterocycles. The highest BCUT2D eigenvalue weighted by molar-refractivity contribution is 7.09. The van der Waals surface area contributed by atoms with Gasteiger partial charge in [-0.15, -0.1) is 0 Å². The molecule has 0 unspecified atom stereocenters. The molecule has 0 spiro atoms. The van der Waals surface area contributed by atoms with E-state index in [0.29, 0.717) is 0 Å². The van der Waals surface area contributed by atoms with Crippen molar-refractivity contribution in [2.24, 2.45) is 0 Å². The quantitative estimate of drug-likeness (QED) is 0.938. The molecule has 0 radical (unpaired) electrons. The minimum absolute atomic E-state index is 0.0273. The summed E-state index contributed by atoms with van der Waals surface area (Å²) in [6, 6.07) is 0.188. The monoisotopic (exact) mass is 321 g/mol. The Labute approximate surface area is 135 Å². The maximum atomic E-state index is 5.91. The minimum Gasteiger partial charge on any atom is -0.368 e. The SMILES string of the molecule is CCn1ccnc1[C@H]1OCC[C@@H]1Nc1nc(C(C)(C)C)ns1. The highest BCUT2D eigenvalue weighted by Gasteiger charge is 2.33. The molecule has 1 fully saturated rings. The molecule has 0 amide bonds. The smallest absolute Gasteiger partial charge is 0.202 e. The van der Waals surface area contributed by atoms with Crippen molar-refractivity contribution in [3.8, 4) is 0 Å². The lowest BCUT2D eigenvalue weighted by atomic mass is 9.96. The van der Waals surface area contributed by atoms with Gasteiger partial charge in [0, 0.05) is 42.5 Å². The number of nitrogens with one attached hydrogen (secondary N) is 1. The molecule has 120 valence electrons. The molecule has 2 aromatic rings. The van der Waals surface area contributed by atoms with Crippen molar-refractivity contribution in [3.05, 3.63) is 24.0 Å². The van der Waals surface area contributed by atoms with Crippen LogP contribution in [0.25, 0.3) is 0 Å². The third kappa shape index (κ3) is 3.01. The molecule has 7 heteroatoms. The Morgan fingerprint density at radius 1 is 1.45 bits per heavy atom. The van der Waals surface area contributed by atoms with Crippen LogP contribution in [0.3, 0.4) is 0 Å². The Bertz CT molecular complexity index is 630. The second-order valence-electron chi connectivity index (χ2n) is 6.58. The minimum atomic E-state index is -0.0306. The van der Waals surface area contributed by atoms with Crippen LogP contribution in [0.4, 0.5) is 5.13 Å². The van der Waals surface area contributed by atoms with Gasteiger partial charge in [0.15, 0.2) is 0 Å². The van der Waals surface area contributed by atoms with E-state index in [2.05, 4.69) is 51.9 Å². The van der Waals surface area contributed by atoms with Gasteiger partial charge >= 0.3 is 0 Å². The lowest BCUT2D eigenvalue weighted by molar-refractivity contribution is 0.0976. The van der Waals surface area contributed by atoms with Gasteiger partial charge in [0.25, 0.3) is 0 Å². The van der Waals surface area contributed by atoms with E-state index in [1.54, 1.807) is 0 Å². The molecule has 0 aromatic carbocycles. The van der Waals surface area contributed by atoms with Gasteiger partial charge in [0.2, 0.25) is 5.13 Å². The van der Waals surface area contributed by atoms with Crippen molar-refractivity contribution >= 4 is 16.7 Å². The summed E-state index contributed by atoms with van der Waals surface area (Å²) in [5.74, 6) is 1.86. The average Bonchev–Trinajstić information content (AvgIpc) is 3.17. The van der Waals surface area contributed by atoms with Crippen LogP contribution in [-0.4, -0.2) is 31.6 Å². The summed E-state index contributed by atoms with van der Waals surface area (Å²) < 4.78 is 12.5. The zero-order valence-corrected chi connectivity index (χ0v) is 14.4. The van der Waals surface area contributed by atoms with Crippen LogP contribution >= 0.6 is 11.5 Å². The summed E-state index contributed by atoms with van der Waals surface area (Å²) in [5.41, 5.74) is -0.0273. The fourth-order valence-electron chi connectivity index (χ4n) is 2.58. The topological polar surface area (TPSA) is 64.9 Å². The molecule has 1 aliphatic rings. The van der Waals surface area contributed by atoms with E-state index >= 15 is 0 Å². The highest BCUT2D eigenvalue weighted by Crippen LogP contribution is 2.32. The Morgan fingerprint density at radius 2 is 2.27 bits per heavy atom. The third-order valence-corrected chi connectivity index (χ3v) is 4.49. The number of rotatable bonds is 4. The van der Waals surface area contributed by atoms with Gasteiger partial charge in [-0.25, -0.2) is 9.97 Å². The Kier molecular flexibility index (Phi) is 4.18. The van der Waals surface area contributed by atoms with Gasteiger partial charge in [0.05, 0.1) is 6.04 Å². The molecule has 1 saturated heterocycles. The normalized spacial score (nSPS) is 22.2. The zero-order chi connectivity index (χ0) is 15.7. The fraction of sp³-hybridized carbons (Fsp3) is 0.667. The fourth-order valence-corrected chi connectivity index (χ4v) is 3.40. The molecule has 1 N–H and O–H groups in total. The van der Waals surface area contributed by atoms with Crippen molar-refractivity contribution in [1.82, 2.24) is 18.9 Å². The number of aryl methyl sites for hydroxylation is 1. The van der Waals surface area contributed by atoms with Gasteiger partial charge < -0.3 is 14.6 Å². The van der Waals surface area contributed by atoms with Crippen LogP contribution in [0.2, 0.25) is 0 Å². The van der Waals surface area contributed by atoms with Crippen LogP contribution in [-0.2, 0) is 16.7 Å². The molecular weight excluding hydrogens is 298 g/mol. The van der Waals surface area contributed by atoms with Crippen molar-refractivity contribution in [2.75, 3.05) is 11.9 Å². The largest absolute Gasteiger partial charge is 0.368 e. The molecule has 6 nitrogen and oxygen atoms in total. The summed E-state index contributed by atoms with van der Waals surface area (Å²) in [6.45, 7) is 10.1. The van der Waals surface area contributed by atoms with E-state index in [1.807, 2.05) is 12.4 Å². The highest BCUT2D eigenvalue weighted by atomic mass is 32.1. The van der Waals surface area contributed by atoms with Crippen LogP contribution in [0.1, 0.15) is 51.9 Å². The number of ether oxygens (including phenoxy) is 1. The van der Waals surface area contributed by atoms with E-state index in [-0.39, 0.29) is 17.6 Å². The number of imidazole rings is 1. The zero-order valence-electron chi connectivity index (χ0n) is 13.5. The van der Waals surface area contributed by atoms with Crippen molar-refractivity contribution in [1.29, 1.82) is 0 Å². The number of hydrogen-bond donors (Lipinski definition) is 1. The van der Waals surface area contributed by atoms with Crippen LogP contribution in [0, 0.1) is 0 Å². The molecule has 0 saturated carbocycles. The third-order valence-electron chi connectivity index (χ3n) is 3.84. The molecule has 0 bridgehead atoms. The summed E-state index contributed by atoms with van der Waals surface area (Å²) in [6.07, 6.45) is 4.75. The van der Waals surface area contributed by atoms with Crippen LogP contribution in [0.5, 0.6) is 0 Å². The van der Waals surface area contributed by atoms with Crippen LogP contribution < -0.4 is 5.32 Å². The molecule has 22 heavy (non-hydrogen) atoms. The van der Waals surface area contributed by atoms with Gasteiger partial charge in [-0.05, 0) is 13.3 Å². The van der Waals surface area contributed by atoms with E-state index in [1.165, 1.54) is 11.5 Å². The predicted octanol–water partition coefficient (Wildman–Crippen LogP) is 2.99. The van der Waals surface area contributed by atoms with E-state index in [9.17, 15) is 0 Å². The van der Waals surface area contributed by atoms with Gasteiger partial charge in [-0.3, -0.25) is 0 Å². The van der Waals surface area contributed by atoms with Gasteiger partial charge in [-0.1, -0.05) is 20.8 Å². The number of anilines is 1. The number of nitrogens with zero attached hydrogens (tertiary/aromatic N) is 4. The van der Waals surface area contributed by atoms with Crippen LogP contribution in [0.15, 0.2) is 12.4 Å². The first-order valence-corrected chi connectivity index (χ1v) is 8.49. The van der Waals surface area contributed by atoms with E-state index in [0.717, 1.165) is 36.4 Å². The second kappa shape index (κ2) is 5.96. The molecule has 0 aliphatic carbocycles. The lowest BCUT2D eigenvalue weighted by Crippen LogP contribution is -2.25. The Morgan fingerprint density at radius 3 is 2.95 bits per heavy atom. The first kappa shape index (κ1) is 15.4. The molecule has 2 aromatic heterocycles. The molecule has 2 atom stereocenters. The van der Waals surface area contributed by atoms with Gasteiger partial charge in [-0.2, -0.15) is 4.37 Å². The average molecular weight is 321 g/mol. The van der Waals surface area contributed by atoms with E-state index < -0.39 is 0 Å². The number of aromatic nitrogens is 4. The standard InChI is InChI=1S/C15H23N5OS/c1-5-20-8-7-16-12(20)11-10(6-9-21-11)17-14-18-13(19-22-14)15(2,3)4/h7-8,10-11H,5-6,9H2,1-4H3,(H,17,18,19)/t10-,11-/m0/s1. The Balaban J connectivity index is 1.75.